The molecule has 16 heavy (non-hydrogen) atoms. The van der Waals surface area contributed by atoms with Gasteiger partial charge in [-0.05, 0) is 12.8 Å². The monoisotopic (exact) mass is 221 g/mol. The number of ether oxygens (including phenoxy) is 1. The van der Waals surface area contributed by atoms with Crippen LogP contribution >= 0.6 is 0 Å². The maximum absolute atomic E-state index is 11.8. The fraction of sp³-hybridized carbons (Fsp3) is 0.636. The van der Waals surface area contributed by atoms with Crippen molar-refractivity contribution >= 4 is 5.97 Å². The van der Waals surface area contributed by atoms with Gasteiger partial charge in [0, 0.05) is 19.0 Å². The van der Waals surface area contributed by atoms with Crippen LogP contribution in [0.15, 0.2) is 0 Å². The van der Waals surface area contributed by atoms with Gasteiger partial charge in [-0.25, -0.2) is 9.78 Å². The summed E-state index contributed by atoms with van der Waals surface area (Å²) in [4.78, 5) is 16.4. The molecule has 1 fully saturated rings. The summed E-state index contributed by atoms with van der Waals surface area (Å²) >= 11 is 0. The summed E-state index contributed by atoms with van der Waals surface area (Å²) in [6.45, 7) is 2.44. The van der Waals surface area contributed by atoms with Crippen molar-refractivity contribution in [3.05, 3.63) is 17.2 Å². The highest BCUT2D eigenvalue weighted by Crippen LogP contribution is 2.41. The van der Waals surface area contributed by atoms with E-state index in [4.69, 9.17) is 4.74 Å². The predicted molar refractivity (Wildman–Crippen MR) is 57.2 cm³/mol. The number of esters is 1. The minimum absolute atomic E-state index is 0.248. The molecule has 0 amide bonds. The molecule has 5 nitrogen and oxygen atoms in total. The van der Waals surface area contributed by atoms with Crippen molar-refractivity contribution < 1.29 is 9.53 Å². The number of carbonyl (C=O) groups is 1. The molecule has 0 radical (unpaired) electrons. The summed E-state index contributed by atoms with van der Waals surface area (Å²) in [5.74, 6) is 1.20. The first kappa shape index (κ1) is 9.84. The lowest BCUT2D eigenvalue weighted by Gasteiger charge is -2.16. The summed E-state index contributed by atoms with van der Waals surface area (Å²) in [5, 5.41) is 3.26. The molecular weight excluding hydrogens is 206 g/mol. The van der Waals surface area contributed by atoms with Gasteiger partial charge in [-0.15, -0.1) is 0 Å². The van der Waals surface area contributed by atoms with E-state index in [2.05, 4.69) is 10.3 Å². The van der Waals surface area contributed by atoms with E-state index < -0.39 is 0 Å². The van der Waals surface area contributed by atoms with Gasteiger partial charge in [0.25, 0.3) is 0 Å². The zero-order valence-corrected chi connectivity index (χ0v) is 9.32. The van der Waals surface area contributed by atoms with Gasteiger partial charge in [0.15, 0.2) is 5.69 Å². The second kappa shape index (κ2) is 3.59. The van der Waals surface area contributed by atoms with Gasteiger partial charge in [0.2, 0.25) is 0 Å². The highest BCUT2D eigenvalue weighted by atomic mass is 16.5. The number of imidazole rings is 1. The molecule has 86 valence electrons. The molecule has 1 aromatic heterocycles. The minimum atomic E-state index is -0.248. The third-order valence-corrected chi connectivity index (χ3v) is 3.21. The maximum atomic E-state index is 11.8. The van der Waals surface area contributed by atoms with E-state index >= 15 is 0 Å². The van der Waals surface area contributed by atoms with Crippen LogP contribution in [0.5, 0.6) is 0 Å². The van der Waals surface area contributed by atoms with Crippen LogP contribution in [-0.2, 0) is 17.8 Å². The Bertz CT molecular complexity index is 435. The molecule has 1 aromatic rings. The van der Waals surface area contributed by atoms with E-state index in [0.717, 1.165) is 44.0 Å². The average Bonchev–Trinajstić information content (AvgIpc) is 3.09. The molecule has 1 saturated carbocycles. The van der Waals surface area contributed by atoms with Crippen LogP contribution in [-0.4, -0.2) is 29.2 Å². The first-order valence-corrected chi connectivity index (χ1v) is 5.69. The van der Waals surface area contributed by atoms with Gasteiger partial charge in [-0.1, -0.05) is 0 Å². The number of aromatic nitrogens is 2. The lowest BCUT2D eigenvalue weighted by Crippen LogP contribution is -2.30. The minimum Gasteiger partial charge on any atom is -0.464 e. The van der Waals surface area contributed by atoms with Crippen molar-refractivity contribution in [1.29, 1.82) is 0 Å². The molecule has 2 heterocycles. The number of hydrogen-bond donors (Lipinski definition) is 1. The third-order valence-electron chi connectivity index (χ3n) is 3.21. The molecule has 0 aromatic carbocycles. The number of rotatable bonds is 2. The Morgan fingerprint density at radius 2 is 2.38 bits per heavy atom. The molecule has 1 aliphatic carbocycles. The van der Waals surface area contributed by atoms with Crippen molar-refractivity contribution in [2.24, 2.45) is 0 Å². The van der Waals surface area contributed by atoms with Crippen molar-refractivity contribution in [3.8, 4) is 0 Å². The number of methoxy groups -OCH3 is 1. The second-order valence-corrected chi connectivity index (χ2v) is 4.36. The molecule has 0 bridgehead atoms. The van der Waals surface area contributed by atoms with Crippen LogP contribution in [0.4, 0.5) is 0 Å². The quantitative estimate of drug-likeness (QED) is 0.745. The first-order chi connectivity index (χ1) is 7.81. The normalized spacial score (nSPS) is 19.3. The molecular formula is C11H15N3O2. The van der Waals surface area contributed by atoms with Crippen molar-refractivity contribution in [3.63, 3.8) is 0 Å². The Labute approximate surface area is 93.8 Å². The number of hydrogen-bond acceptors (Lipinski definition) is 4. The average molecular weight is 221 g/mol. The van der Waals surface area contributed by atoms with E-state index in [1.165, 1.54) is 7.11 Å². The topological polar surface area (TPSA) is 56.1 Å². The Balaban J connectivity index is 2.09. The maximum Gasteiger partial charge on any atom is 0.356 e. The summed E-state index contributed by atoms with van der Waals surface area (Å²) in [7, 11) is 1.43. The van der Waals surface area contributed by atoms with Crippen LogP contribution < -0.4 is 5.32 Å². The molecule has 0 spiro atoms. The fourth-order valence-electron chi connectivity index (χ4n) is 2.24. The molecule has 0 unspecified atom stereocenters. The van der Waals surface area contributed by atoms with Crippen LogP contribution in [0.3, 0.4) is 0 Å². The van der Waals surface area contributed by atoms with Crippen molar-refractivity contribution in [2.75, 3.05) is 13.7 Å². The van der Waals surface area contributed by atoms with Crippen molar-refractivity contribution in [1.82, 2.24) is 14.9 Å². The van der Waals surface area contributed by atoms with E-state index in [9.17, 15) is 4.79 Å². The Morgan fingerprint density at radius 1 is 1.56 bits per heavy atom. The Hall–Kier alpha value is -1.36. The molecule has 5 heteroatoms. The smallest absolute Gasteiger partial charge is 0.356 e. The number of nitrogens with zero attached hydrogens (tertiary/aromatic N) is 2. The number of carbonyl (C=O) groups excluding carboxylic acids is 1. The van der Waals surface area contributed by atoms with Gasteiger partial charge in [-0.2, -0.15) is 0 Å². The summed E-state index contributed by atoms with van der Waals surface area (Å²) in [5.41, 5.74) is 1.63. The molecule has 3 rings (SSSR count). The van der Waals surface area contributed by atoms with E-state index in [-0.39, 0.29) is 5.97 Å². The predicted octanol–water partition coefficient (Wildman–Crippen LogP) is 0.650. The van der Waals surface area contributed by atoms with Crippen molar-refractivity contribution in [2.45, 2.75) is 31.8 Å². The van der Waals surface area contributed by atoms with E-state index in [1.54, 1.807) is 0 Å². The zero-order valence-electron chi connectivity index (χ0n) is 9.32. The fourth-order valence-corrected chi connectivity index (χ4v) is 2.24. The van der Waals surface area contributed by atoms with E-state index in [1.807, 2.05) is 4.57 Å². The van der Waals surface area contributed by atoms with Gasteiger partial charge in [0.05, 0.1) is 19.3 Å². The summed E-state index contributed by atoms with van der Waals surface area (Å²) in [6.07, 6.45) is 2.29. The molecule has 0 atom stereocenters. The highest BCUT2D eigenvalue weighted by Gasteiger charge is 2.34. The molecule has 1 aliphatic heterocycles. The number of fused-ring (bicyclic) bond motifs is 1. The lowest BCUT2D eigenvalue weighted by molar-refractivity contribution is 0.0586. The van der Waals surface area contributed by atoms with Crippen LogP contribution in [0, 0.1) is 0 Å². The van der Waals surface area contributed by atoms with Crippen LogP contribution in [0.1, 0.15) is 40.8 Å². The highest BCUT2D eigenvalue weighted by molar-refractivity contribution is 5.89. The van der Waals surface area contributed by atoms with E-state index in [0.29, 0.717) is 11.6 Å². The van der Waals surface area contributed by atoms with Crippen LogP contribution in [0.2, 0.25) is 0 Å². The van der Waals surface area contributed by atoms with Gasteiger partial charge in [-0.3, -0.25) is 0 Å². The first-order valence-electron chi connectivity index (χ1n) is 5.69. The SMILES string of the molecule is COC(=O)c1c(C2CC2)nc2n1CCNC2. The van der Waals surface area contributed by atoms with Crippen LogP contribution in [0.25, 0.3) is 0 Å². The standard InChI is InChI=1S/C11H15N3O2/c1-16-11(15)10-9(7-2-3-7)13-8-6-12-4-5-14(8)10/h7,12H,2-6H2,1H3. The molecule has 1 N–H and O–H groups in total. The third kappa shape index (κ3) is 1.43. The number of nitrogens with one attached hydrogen (secondary N) is 1. The largest absolute Gasteiger partial charge is 0.464 e. The Morgan fingerprint density at radius 3 is 3.06 bits per heavy atom. The summed E-state index contributed by atoms with van der Waals surface area (Å²) in [6, 6.07) is 0. The van der Waals surface area contributed by atoms with Gasteiger partial charge in [0.1, 0.15) is 5.82 Å². The Kier molecular flexibility index (Phi) is 2.21. The van der Waals surface area contributed by atoms with Gasteiger partial charge < -0.3 is 14.6 Å². The molecule has 0 saturated heterocycles. The lowest BCUT2D eigenvalue weighted by atomic mass is 10.2. The molecule has 2 aliphatic rings. The second-order valence-electron chi connectivity index (χ2n) is 4.36. The zero-order chi connectivity index (χ0) is 11.1. The summed E-state index contributed by atoms with van der Waals surface area (Å²) < 4.78 is 6.87. The van der Waals surface area contributed by atoms with Gasteiger partial charge >= 0.3 is 5.97 Å².